The van der Waals surface area contributed by atoms with Crippen LogP contribution in [0.15, 0.2) is 18.3 Å². The zero-order valence-electron chi connectivity index (χ0n) is 8.60. The molecule has 0 saturated heterocycles. The summed E-state index contributed by atoms with van der Waals surface area (Å²) in [6, 6.07) is 3.07. The molecule has 0 aliphatic rings. The fourth-order valence-corrected chi connectivity index (χ4v) is 0.431. The van der Waals surface area contributed by atoms with Crippen molar-refractivity contribution < 1.29 is 5.48 Å². The number of rotatable bonds is 0. The second-order valence-electron chi connectivity index (χ2n) is 1.61. The van der Waals surface area contributed by atoms with Gasteiger partial charge in [-0.05, 0) is 25.4 Å². The molecule has 0 N–H and O–H groups in total. The van der Waals surface area contributed by atoms with Crippen LogP contribution in [0.3, 0.4) is 0 Å². The Balaban J connectivity index is 3.23. The van der Waals surface area contributed by atoms with Gasteiger partial charge in [0.05, 0.1) is 1.37 Å². The van der Waals surface area contributed by atoms with E-state index in [9.17, 15) is 0 Å². The molecule has 0 amide bonds. The molecule has 1 aromatic heterocycles. The average Bonchev–Trinajstić information content (AvgIpc) is 1.92. The van der Waals surface area contributed by atoms with Gasteiger partial charge in [-0.15, -0.1) is 0 Å². The quantitative estimate of drug-likeness (QED) is 0.496. The smallest absolute Gasteiger partial charge is 0.0840 e. The zero-order chi connectivity index (χ0) is 9.35. The molecule has 0 atom stereocenters. The van der Waals surface area contributed by atoms with Crippen molar-refractivity contribution in [3.63, 3.8) is 0 Å². The first-order valence-electron chi connectivity index (χ1n) is 4.36. The highest BCUT2D eigenvalue weighted by molar-refractivity contribution is 5.15. The lowest BCUT2D eigenvalue weighted by Gasteiger charge is -1.92. The minimum atomic E-state index is -2.21. The Morgan fingerprint density at radius 2 is 2.75 bits per heavy atom. The maximum atomic E-state index is 7.15. The van der Waals surface area contributed by atoms with Crippen molar-refractivity contribution in [2.75, 3.05) is 0 Å². The van der Waals surface area contributed by atoms with Gasteiger partial charge in [0.1, 0.15) is 0 Å². The highest BCUT2D eigenvalue weighted by Crippen LogP contribution is 1.98. The van der Waals surface area contributed by atoms with Crippen molar-refractivity contribution in [2.45, 2.75) is 13.8 Å². The van der Waals surface area contributed by atoms with Crippen LogP contribution < -0.4 is 0 Å². The van der Waals surface area contributed by atoms with Crippen molar-refractivity contribution in [3.05, 3.63) is 29.6 Å². The highest BCUT2D eigenvalue weighted by atomic mass is 14.6. The summed E-state index contributed by atoms with van der Waals surface area (Å²) in [6.07, 6.45) is -0.00766. The van der Waals surface area contributed by atoms with Crippen molar-refractivity contribution in [1.82, 2.24) is 4.98 Å². The van der Waals surface area contributed by atoms with E-state index in [1.807, 2.05) is 0 Å². The summed E-state index contributed by atoms with van der Waals surface area (Å²) >= 11 is 0. The van der Waals surface area contributed by atoms with Crippen LogP contribution in [-0.4, -0.2) is 4.98 Å². The van der Waals surface area contributed by atoms with Crippen LogP contribution in [0, 0.1) is 13.8 Å². The molecule has 42 valence electrons. The first-order valence-corrected chi connectivity index (χ1v) is 2.36. The molecule has 1 rings (SSSR count). The lowest BCUT2D eigenvalue weighted by Crippen LogP contribution is -1.81. The summed E-state index contributed by atoms with van der Waals surface area (Å²) in [5.41, 5.74) is 0.626. The Morgan fingerprint density at radius 1 is 1.88 bits per heavy atom. The van der Waals surface area contributed by atoms with Gasteiger partial charge in [0.2, 0.25) is 0 Å². The normalized spacial score (nSPS) is 18.1. The Labute approximate surface area is 55.0 Å². The Hall–Kier alpha value is -0.850. The van der Waals surface area contributed by atoms with Gasteiger partial charge in [-0.2, -0.15) is 0 Å². The minimum Gasteiger partial charge on any atom is -0.261 e. The molecule has 0 unspecified atom stereocenters. The van der Waals surface area contributed by atoms with Crippen LogP contribution in [0.1, 0.15) is 16.7 Å². The summed E-state index contributed by atoms with van der Waals surface area (Å²) in [4.78, 5) is 3.65. The highest BCUT2D eigenvalue weighted by Gasteiger charge is 1.85. The van der Waals surface area contributed by atoms with Crippen LogP contribution in [0.2, 0.25) is 0 Å². The summed E-state index contributed by atoms with van der Waals surface area (Å²) in [5, 5.41) is 0. The van der Waals surface area contributed by atoms with E-state index in [-0.39, 0.29) is 11.9 Å². The first-order chi connectivity index (χ1) is 5.41. The molecule has 1 aromatic rings. The van der Waals surface area contributed by atoms with E-state index >= 15 is 0 Å². The molecule has 0 aromatic carbocycles. The molecule has 0 aliphatic carbocycles. The topological polar surface area (TPSA) is 12.9 Å². The molecule has 1 heterocycles. The minimum absolute atomic E-state index is 0.00766. The number of hydrogen-bond donors (Lipinski definition) is 0. The lowest BCUT2D eigenvalue weighted by atomic mass is 10.2. The van der Waals surface area contributed by atoms with Crippen molar-refractivity contribution >= 4 is 0 Å². The molecule has 8 heavy (non-hydrogen) atoms. The molecule has 0 bridgehead atoms. The van der Waals surface area contributed by atoms with Gasteiger partial charge in [-0.3, -0.25) is 4.98 Å². The number of aryl methyl sites for hydroxylation is 2. The summed E-state index contributed by atoms with van der Waals surface area (Å²) < 4.78 is 28.4. The lowest BCUT2D eigenvalue weighted by molar-refractivity contribution is 1.15. The van der Waals surface area contributed by atoms with E-state index in [0.717, 1.165) is 0 Å². The van der Waals surface area contributed by atoms with Crippen LogP contribution in [0.5, 0.6) is 0 Å². The molecule has 1 heteroatoms. The molecule has 0 saturated carbocycles. The van der Waals surface area contributed by atoms with Crippen LogP contribution in [-0.2, 0) is 0 Å². The Morgan fingerprint density at radius 3 is 3.38 bits per heavy atom. The van der Waals surface area contributed by atoms with E-state index in [1.165, 1.54) is 6.07 Å². The van der Waals surface area contributed by atoms with Gasteiger partial charge in [0.25, 0.3) is 0 Å². The third-order valence-electron chi connectivity index (χ3n) is 0.958. The summed E-state index contributed by atoms with van der Waals surface area (Å²) in [7, 11) is 0. The van der Waals surface area contributed by atoms with Gasteiger partial charge >= 0.3 is 0 Å². The molecular weight excluding hydrogens is 98.1 g/mol. The third kappa shape index (κ3) is 0.861. The molecule has 0 aliphatic heterocycles. The van der Waals surface area contributed by atoms with E-state index in [2.05, 4.69) is 4.98 Å². The van der Waals surface area contributed by atoms with E-state index in [1.54, 1.807) is 13.0 Å². The van der Waals surface area contributed by atoms with Crippen molar-refractivity contribution in [3.8, 4) is 0 Å². The maximum absolute atomic E-state index is 7.15. The van der Waals surface area contributed by atoms with Crippen LogP contribution >= 0.6 is 0 Å². The fourth-order valence-electron chi connectivity index (χ4n) is 0.431. The number of hydrogen-bond acceptors (Lipinski definition) is 1. The molecule has 0 spiro atoms. The first kappa shape index (κ1) is 2.18. The summed E-state index contributed by atoms with van der Waals surface area (Å²) in [5.74, 6) is 0. The maximum Gasteiger partial charge on any atom is 0.0840 e. The van der Waals surface area contributed by atoms with E-state index < -0.39 is 6.85 Å². The SMILES string of the molecule is [2H]c1ccc(C)c(C([2H])([2H])[2H])n1. The second kappa shape index (κ2) is 1.95. The predicted molar refractivity (Wildman–Crippen MR) is 33.7 cm³/mol. The molecule has 0 radical (unpaired) electrons. The monoisotopic (exact) mass is 111 g/mol. The fraction of sp³-hybridized carbons (Fsp3) is 0.286. The van der Waals surface area contributed by atoms with Crippen LogP contribution in [0.4, 0.5) is 0 Å². The van der Waals surface area contributed by atoms with Crippen molar-refractivity contribution in [1.29, 1.82) is 0 Å². The molecule has 1 nitrogen and oxygen atoms in total. The summed E-state index contributed by atoms with van der Waals surface area (Å²) in [6.45, 7) is -0.532. The van der Waals surface area contributed by atoms with Gasteiger partial charge in [-0.25, -0.2) is 0 Å². The standard InChI is InChI=1S/C7H9N/c1-6-4-3-5-8-7(6)2/h3-5H,1-2H3/i2D3,5D. The second-order valence-corrected chi connectivity index (χ2v) is 1.61. The zero-order valence-corrected chi connectivity index (χ0v) is 4.60. The van der Waals surface area contributed by atoms with Gasteiger partial charge in [-0.1, -0.05) is 6.07 Å². The third-order valence-corrected chi connectivity index (χ3v) is 0.958. The molecule has 0 fully saturated rings. The van der Waals surface area contributed by atoms with E-state index in [4.69, 9.17) is 5.48 Å². The largest absolute Gasteiger partial charge is 0.261 e. The van der Waals surface area contributed by atoms with Gasteiger partial charge < -0.3 is 0 Å². The van der Waals surface area contributed by atoms with Gasteiger partial charge in [0, 0.05) is 16.0 Å². The van der Waals surface area contributed by atoms with Crippen molar-refractivity contribution in [2.24, 2.45) is 0 Å². The number of aromatic nitrogens is 1. The number of nitrogens with zero attached hydrogens (tertiary/aromatic N) is 1. The van der Waals surface area contributed by atoms with Crippen LogP contribution in [0.25, 0.3) is 0 Å². The Kier molecular flexibility index (Phi) is 0.530. The predicted octanol–water partition coefficient (Wildman–Crippen LogP) is 1.70. The Bertz CT molecular complexity index is 292. The number of pyridine rings is 1. The van der Waals surface area contributed by atoms with Gasteiger partial charge in [0.15, 0.2) is 0 Å². The molecular formula is C7H9N. The van der Waals surface area contributed by atoms with E-state index in [0.29, 0.717) is 5.56 Å². The average molecular weight is 111 g/mol.